The van der Waals surface area contributed by atoms with Gasteiger partial charge in [0.1, 0.15) is 0 Å². The van der Waals surface area contributed by atoms with Crippen molar-refractivity contribution in [1.29, 1.82) is 0 Å². The van der Waals surface area contributed by atoms with E-state index in [1.165, 1.54) is 77.0 Å². The zero-order valence-corrected chi connectivity index (χ0v) is 20.6. The van der Waals surface area contributed by atoms with Gasteiger partial charge in [0.05, 0.1) is 0 Å². The van der Waals surface area contributed by atoms with Crippen LogP contribution < -0.4 is 11.5 Å². The van der Waals surface area contributed by atoms with E-state index in [1.807, 2.05) is 0 Å². The van der Waals surface area contributed by atoms with E-state index in [-0.39, 0.29) is 11.8 Å². The molecule has 0 aromatic carbocycles. The van der Waals surface area contributed by atoms with Crippen LogP contribution in [0.25, 0.3) is 0 Å². The summed E-state index contributed by atoms with van der Waals surface area (Å²) in [6.07, 6.45) is 21.3. The van der Waals surface area contributed by atoms with Crippen LogP contribution in [-0.2, 0) is 20.0 Å². The monoisotopic (exact) mass is 468 g/mol. The number of carbonyl (C=O) groups excluding carboxylic acids is 2. The maximum atomic E-state index is 10.4. The van der Waals surface area contributed by atoms with Crippen LogP contribution in [0.3, 0.4) is 0 Å². The third-order valence-electron chi connectivity index (χ3n) is 4.55. The lowest BCUT2D eigenvalue weighted by Crippen LogP contribution is -2.09. The summed E-state index contributed by atoms with van der Waals surface area (Å²) in [5.74, 6) is -0.322. The standard InChI is InChI=1S/2C11H23NO.H2O4S/c2*1-2-3-4-5-6-7-8-9-10-11(12)13;1-5(2,3)4/h2*2-10H2,1H3,(H2,12,13);(H2,1,2,3,4). The van der Waals surface area contributed by atoms with Crippen molar-refractivity contribution in [2.24, 2.45) is 11.5 Å². The Kier molecular flexibility index (Phi) is 29.8. The van der Waals surface area contributed by atoms with E-state index >= 15 is 0 Å². The summed E-state index contributed by atoms with van der Waals surface area (Å²) in [7, 11) is -4.67. The van der Waals surface area contributed by atoms with Gasteiger partial charge in [-0.1, -0.05) is 104 Å². The first-order valence-electron chi connectivity index (χ1n) is 11.8. The summed E-state index contributed by atoms with van der Waals surface area (Å²) >= 11 is 0. The Labute approximate surface area is 190 Å². The molecular formula is C22H48N2O6S. The molecule has 0 unspecified atom stereocenters. The van der Waals surface area contributed by atoms with Crippen molar-refractivity contribution in [2.75, 3.05) is 0 Å². The Morgan fingerprint density at radius 1 is 0.548 bits per heavy atom. The van der Waals surface area contributed by atoms with Crippen LogP contribution >= 0.6 is 0 Å². The SMILES string of the molecule is CCCCCCCCCCC(N)=O.CCCCCCCCCCC(N)=O.O=S(=O)(O)O. The first-order valence-corrected chi connectivity index (χ1v) is 13.2. The molecule has 0 saturated carbocycles. The molecule has 0 bridgehead atoms. The lowest BCUT2D eigenvalue weighted by molar-refractivity contribution is -0.119. The largest absolute Gasteiger partial charge is 0.394 e. The molecule has 0 atom stereocenters. The predicted molar refractivity (Wildman–Crippen MR) is 127 cm³/mol. The molecule has 8 nitrogen and oxygen atoms in total. The minimum Gasteiger partial charge on any atom is -0.370 e. The maximum absolute atomic E-state index is 10.4. The number of hydrogen-bond acceptors (Lipinski definition) is 4. The molecule has 0 aliphatic carbocycles. The Morgan fingerprint density at radius 2 is 0.742 bits per heavy atom. The van der Waals surface area contributed by atoms with Crippen molar-refractivity contribution in [2.45, 2.75) is 129 Å². The second-order valence-corrected chi connectivity index (χ2v) is 8.73. The zero-order valence-electron chi connectivity index (χ0n) is 19.8. The van der Waals surface area contributed by atoms with Crippen molar-refractivity contribution < 1.29 is 27.1 Å². The number of rotatable bonds is 18. The van der Waals surface area contributed by atoms with Crippen molar-refractivity contribution >= 4 is 22.2 Å². The molecule has 0 radical (unpaired) electrons. The summed E-state index contributed by atoms with van der Waals surface area (Å²) in [6.45, 7) is 4.46. The topological polar surface area (TPSA) is 161 Å². The van der Waals surface area contributed by atoms with Gasteiger partial charge in [0.15, 0.2) is 0 Å². The van der Waals surface area contributed by atoms with Crippen LogP contribution in [0, 0.1) is 0 Å². The van der Waals surface area contributed by atoms with Gasteiger partial charge in [-0.05, 0) is 12.8 Å². The third-order valence-corrected chi connectivity index (χ3v) is 4.55. The van der Waals surface area contributed by atoms with E-state index in [2.05, 4.69) is 13.8 Å². The third kappa shape index (κ3) is 58.5. The molecule has 0 aromatic heterocycles. The normalized spacial score (nSPS) is 10.5. The number of primary amides is 2. The Bertz CT molecular complexity index is 460. The lowest BCUT2D eigenvalue weighted by atomic mass is 10.1. The molecule has 0 aromatic rings. The van der Waals surface area contributed by atoms with Gasteiger partial charge in [-0.25, -0.2) is 0 Å². The van der Waals surface area contributed by atoms with Gasteiger partial charge in [-0.15, -0.1) is 0 Å². The molecule has 0 aliphatic heterocycles. The van der Waals surface area contributed by atoms with Crippen LogP contribution in [-0.4, -0.2) is 29.3 Å². The molecular weight excluding hydrogens is 420 g/mol. The zero-order chi connectivity index (χ0) is 24.4. The van der Waals surface area contributed by atoms with Gasteiger partial charge in [0.2, 0.25) is 11.8 Å². The van der Waals surface area contributed by atoms with Gasteiger partial charge in [-0.3, -0.25) is 18.7 Å². The fourth-order valence-corrected chi connectivity index (χ4v) is 2.87. The van der Waals surface area contributed by atoms with Crippen LogP contribution in [0.15, 0.2) is 0 Å². The molecule has 31 heavy (non-hydrogen) atoms. The molecule has 6 N–H and O–H groups in total. The van der Waals surface area contributed by atoms with Gasteiger partial charge in [0, 0.05) is 12.8 Å². The number of hydrogen-bond donors (Lipinski definition) is 4. The minimum absolute atomic E-state index is 0.161. The predicted octanol–water partition coefficient (Wildman–Crippen LogP) is 5.35. The average Bonchev–Trinajstić information content (AvgIpc) is 2.65. The van der Waals surface area contributed by atoms with Gasteiger partial charge < -0.3 is 11.5 Å². The van der Waals surface area contributed by atoms with Crippen molar-refractivity contribution in [3.63, 3.8) is 0 Å². The van der Waals surface area contributed by atoms with Crippen LogP contribution in [0.2, 0.25) is 0 Å². The second-order valence-electron chi connectivity index (χ2n) is 7.83. The van der Waals surface area contributed by atoms with Crippen molar-refractivity contribution in [3.05, 3.63) is 0 Å². The molecule has 0 spiro atoms. The smallest absolute Gasteiger partial charge is 0.370 e. The van der Waals surface area contributed by atoms with E-state index in [9.17, 15) is 9.59 Å². The van der Waals surface area contributed by atoms with E-state index in [0.29, 0.717) is 12.8 Å². The van der Waals surface area contributed by atoms with Gasteiger partial charge >= 0.3 is 10.4 Å². The minimum atomic E-state index is -4.67. The molecule has 0 saturated heterocycles. The summed E-state index contributed by atoms with van der Waals surface area (Å²) < 4.78 is 31.6. The molecule has 2 amide bonds. The quantitative estimate of drug-likeness (QED) is 0.156. The number of carbonyl (C=O) groups is 2. The van der Waals surface area contributed by atoms with Gasteiger partial charge in [0.25, 0.3) is 0 Å². The van der Waals surface area contributed by atoms with E-state index in [4.69, 9.17) is 29.0 Å². The number of unbranched alkanes of at least 4 members (excludes halogenated alkanes) is 14. The summed E-state index contributed by atoms with van der Waals surface area (Å²) in [5, 5.41) is 0. The molecule has 0 rings (SSSR count). The highest BCUT2D eigenvalue weighted by Crippen LogP contribution is 2.10. The van der Waals surface area contributed by atoms with Gasteiger partial charge in [-0.2, -0.15) is 8.42 Å². The molecule has 0 fully saturated rings. The van der Waals surface area contributed by atoms with E-state index in [1.54, 1.807) is 0 Å². The van der Waals surface area contributed by atoms with Crippen LogP contribution in [0.4, 0.5) is 0 Å². The summed E-state index contributed by atoms with van der Waals surface area (Å²) in [4.78, 5) is 20.8. The molecule has 0 heterocycles. The molecule has 9 heteroatoms. The number of amides is 2. The second kappa shape index (κ2) is 26.8. The average molecular weight is 469 g/mol. The highest BCUT2D eigenvalue weighted by Gasteiger charge is 1.95. The van der Waals surface area contributed by atoms with Crippen LogP contribution in [0.5, 0.6) is 0 Å². The fraction of sp³-hybridized carbons (Fsp3) is 0.909. The highest BCUT2D eigenvalue weighted by atomic mass is 32.3. The first kappa shape index (κ1) is 34.4. The number of nitrogens with two attached hydrogens (primary N) is 2. The van der Waals surface area contributed by atoms with E-state index in [0.717, 1.165) is 25.7 Å². The fourth-order valence-electron chi connectivity index (χ4n) is 2.87. The summed E-state index contributed by atoms with van der Waals surface area (Å²) in [6, 6.07) is 0. The van der Waals surface area contributed by atoms with E-state index < -0.39 is 10.4 Å². The van der Waals surface area contributed by atoms with Crippen molar-refractivity contribution in [3.8, 4) is 0 Å². The Hall–Kier alpha value is -1.19. The molecule has 0 aliphatic rings. The Morgan fingerprint density at radius 3 is 0.935 bits per heavy atom. The van der Waals surface area contributed by atoms with Crippen molar-refractivity contribution in [1.82, 2.24) is 0 Å². The lowest BCUT2D eigenvalue weighted by Gasteiger charge is -1.99. The highest BCUT2D eigenvalue weighted by molar-refractivity contribution is 7.79. The van der Waals surface area contributed by atoms with Crippen LogP contribution in [0.1, 0.15) is 129 Å². The summed E-state index contributed by atoms with van der Waals surface area (Å²) in [5.41, 5.74) is 10.1. The first-order chi connectivity index (χ1) is 14.5. The molecule has 188 valence electrons. The maximum Gasteiger partial charge on any atom is 0.394 e. The Balaban J connectivity index is -0.000000416.